The van der Waals surface area contributed by atoms with Gasteiger partial charge in [0.1, 0.15) is 5.75 Å². The minimum atomic E-state index is -3.67. The molecule has 1 aromatic carbocycles. The molecule has 0 aromatic heterocycles. The van der Waals surface area contributed by atoms with Gasteiger partial charge >= 0.3 is 0 Å². The average molecular weight is 383 g/mol. The van der Waals surface area contributed by atoms with E-state index >= 15 is 0 Å². The number of amides is 1. The molecule has 1 aromatic rings. The van der Waals surface area contributed by atoms with Crippen LogP contribution in [0.3, 0.4) is 0 Å². The molecule has 1 unspecified atom stereocenters. The van der Waals surface area contributed by atoms with E-state index in [0.29, 0.717) is 32.1 Å². The van der Waals surface area contributed by atoms with E-state index < -0.39 is 10.0 Å². The Morgan fingerprint density at radius 2 is 2.08 bits per heavy atom. The number of carbonyl (C=O) groups excluding carboxylic acids is 1. The van der Waals surface area contributed by atoms with Crippen LogP contribution in [-0.2, 0) is 14.8 Å². The Bertz CT molecular complexity index is 756. The first-order valence-electron chi connectivity index (χ1n) is 8.69. The van der Waals surface area contributed by atoms with E-state index in [1.807, 2.05) is 0 Å². The van der Waals surface area contributed by atoms with Crippen LogP contribution in [0.2, 0.25) is 0 Å². The van der Waals surface area contributed by atoms with Crippen molar-refractivity contribution in [1.29, 1.82) is 0 Å². The third kappa shape index (κ3) is 3.71. The van der Waals surface area contributed by atoms with Crippen LogP contribution in [0.1, 0.15) is 16.8 Å². The Morgan fingerprint density at radius 1 is 1.35 bits per heavy atom. The van der Waals surface area contributed by atoms with Crippen molar-refractivity contribution < 1.29 is 22.7 Å². The number of carbonyl (C=O) groups is 1. The van der Waals surface area contributed by atoms with Crippen LogP contribution in [0.5, 0.6) is 5.75 Å². The summed E-state index contributed by atoms with van der Waals surface area (Å²) in [7, 11) is -0.463. The highest BCUT2D eigenvalue weighted by atomic mass is 32.2. The van der Waals surface area contributed by atoms with Crippen molar-refractivity contribution in [2.75, 3.05) is 53.6 Å². The molecule has 3 rings (SSSR count). The van der Waals surface area contributed by atoms with Gasteiger partial charge in [0.05, 0.1) is 30.8 Å². The van der Waals surface area contributed by atoms with E-state index in [1.54, 1.807) is 18.0 Å². The highest BCUT2D eigenvalue weighted by Gasteiger charge is 2.30. The number of sulfonamides is 1. The van der Waals surface area contributed by atoms with Gasteiger partial charge in [-0.25, -0.2) is 8.42 Å². The maximum atomic E-state index is 13.0. The normalized spacial score (nSPS) is 21.5. The highest BCUT2D eigenvalue weighted by molar-refractivity contribution is 7.89. The molecular weight excluding hydrogens is 358 g/mol. The van der Waals surface area contributed by atoms with E-state index in [2.05, 4.69) is 5.32 Å². The molecule has 0 saturated carbocycles. The second kappa shape index (κ2) is 7.91. The van der Waals surface area contributed by atoms with E-state index in [9.17, 15) is 13.2 Å². The highest BCUT2D eigenvalue weighted by Crippen LogP contribution is 2.27. The second-order valence-corrected chi connectivity index (χ2v) is 8.38. The Kier molecular flexibility index (Phi) is 5.81. The van der Waals surface area contributed by atoms with Gasteiger partial charge in [0.15, 0.2) is 0 Å². The zero-order chi connectivity index (χ0) is 18.7. The molecule has 0 spiro atoms. The number of rotatable bonds is 5. The number of hydrogen-bond acceptors (Lipinski definition) is 6. The van der Waals surface area contributed by atoms with Gasteiger partial charge in [-0.2, -0.15) is 4.31 Å². The zero-order valence-electron chi connectivity index (χ0n) is 15.1. The summed E-state index contributed by atoms with van der Waals surface area (Å²) in [5.41, 5.74) is 0.260. The zero-order valence-corrected chi connectivity index (χ0v) is 15.9. The number of benzene rings is 1. The van der Waals surface area contributed by atoms with E-state index in [0.717, 1.165) is 19.5 Å². The fourth-order valence-electron chi connectivity index (χ4n) is 3.28. The smallest absolute Gasteiger partial charge is 0.257 e. The summed E-state index contributed by atoms with van der Waals surface area (Å²) in [6.45, 7) is 2.97. The first kappa shape index (κ1) is 19.1. The van der Waals surface area contributed by atoms with Crippen molar-refractivity contribution in [3.05, 3.63) is 23.8 Å². The van der Waals surface area contributed by atoms with Gasteiger partial charge in [-0.1, -0.05) is 0 Å². The molecule has 2 fully saturated rings. The van der Waals surface area contributed by atoms with Crippen molar-refractivity contribution in [2.45, 2.75) is 17.4 Å². The standard InChI is InChI=1S/C17H25N3O5S/c1-19(13-5-6-18-12-13)17(21)15-11-14(3-4-16(15)24-2)26(22,23)20-7-9-25-10-8-20/h3-4,11,13,18H,5-10,12H2,1-2H3. The number of methoxy groups -OCH3 is 1. The summed E-state index contributed by atoms with van der Waals surface area (Å²) in [4.78, 5) is 14.7. The van der Waals surface area contributed by atoms with E-state index in [4.69, 9.17) is 9.47 Å². The fraction of sp³-hybridized carbons (Fsp3) is 0.588. The molecule has 2 aliphatic rings. The molecule has 2 aliphatic heterocycles. The number of morpholine rings is 1. The maximum absolute atomic E-state index is 13.0. The van der Waals surface area contributed by atoms with Gasteiger partial charge in [0.2, 0.25) is 10.0 Å². The van der Waals surface area contributed by atoms with E-state index in [1.165, 1.54) is 23.5 Å². The maximum Gasteiger partial charge on any atom is 0.257 e. The Labute approximate surface area is 154 Å². The Balaban J connectivity index is 1.92. The number of nitrogens with one attached hydrogen (secondary N) is 1. The lowest BCUT2D eigenvalue weighted by Crippen LogP contribution is -2.41. The molecule has 0 bridgehead atoms. The number of hydrogen-bond donors (Lipinski definition) is 1. The molecule has 1 amide bonds. The first-order chi connectivity index (χ1) is 12.4. The lowest BCUT2D eigenvalue weighted by atomic mass is 10.1. The van der Waals surface area contributed by atoms with Gasteiger partial charge in [-0.05, 0) is 31.2 Å². The SMILES string of the molecule is COc1ccc(S(=O)(=O)N2CCOCC2)cc1C(=O)N(C)C1CCNC1. The molecule has 0 aliphatic carbocycles. The molecule has 2 saturated heterocycles. The van der Waals surface area contributed by atoms with Crippen LogP contribution in [0.15, 0.2) is 23.1 Å². The average Bonchev–Trinajstić information content (AvgIpc) is 3.21. The minimum absolute atomic E-state index is 0.0895. The summed E-state index contributed by atoms with van der Waals surface area (Å²) >= 11 is 0. The second-order valence-electron chi connectivity index (χ2n) is 6.44. The van der Waals surface area contributed by atoms with Gasteiger partial charge in [0.25, 0.3) is 5.91 Å². The van der Waals surface area contributed by atoms with Crippen molar-refractivity contribution in [3.63, 3.8) is 0 Å². The monoisotopic (exact) mass is 383 g/mol. The van der Waals surface area contributed by atoms with Gasteiger partial charge < -0.3 is 19.7 Å². The van der Waals surface area contributed by atoms with Crippen molar-refractivity contribution >= 4 is 15.9 Å². The van der Waals surface area contributed by atoms with Crippen LogP contribution in [0.25, 0.3) is 0 Å². The largest absolute Gasteiger partial charge is 0.496 e. The van der Waals surface area contributed by atoms with Crippen LogP contribution < -0.4 is 10.1 Å². The van der Waals surface area contributed by atoms with Crippen molar-refractivity contribution in [3.8, 4) is 5.75 Å². The molecule has 0 radical (unpaired) electrons. The molecule has 1 N–H and O–H groups in total. The molecule has 8 nitrogen and oxygen atoms in total. The minimum Gasteiger partial charge on any atom is -0.496 e. The van der Waals surface area contributed by atoms with Crippen LogP contribution in [0.4, 0.5) is 0 Å². The molecule has 26 heavy (non-hydrogen) atoms. The van der Waals surface area contributed by atoms with Gasteiger partial charge in [-0.15, -0.1) is 0 Å². The summed E-state index contributed by atoms with van der Waals surface area (Å²) in [6, 6.07) is 4.54. The summed E-state index contributed by atoms with van der Waals surface area (Å²) in [6.07, 6.45) is 0.871. The molecule has 144 valence electrons. The summed E-state index contributed by atoms with van der Waals surface area (Å²) < 4.78 is 37.7. The predicted octanol–water partition coefficient (Wildman–Crippen LogP) is 0.150. The lowest BCUT2D eigenvalue weighted by molar-refractivity contribution is 0.0728. The Hall–Kier alpha value is -1.68. The van der Waals surface area contributed by atoms with Crippen LogP contribution in [-0.4, -0.2) is 83.1 Å². The number of nitrogens with zero attached hydrogens (tertiary/aromatic N) is 2. The van der Waals surface area contributed by atoms with Crippen molar-refractivity contribution in [1.82, 2.24) is 14.5 Å². The predicted molar refractivity (Wildman–Crippen MR) is 95.9 cm³/mol. The molecule has 2 heterocycles. The first-order valence-corrected chi connectivity index (χ1v) is 10.1. The van der Waals surface area contributed by atoms with E-state index in [-0.39, 0.29) is 22.4 Å². The number of ether oxygens (including phenoxy) is 2. The number of likely N-dealkylation sites (N-methyl/N-ethyl adjacent to an activating group) is 1. The fourth-order valence-corrected chi connectivity index (χ4v) is 4.71. The van der Waals surface area contributed by atoms with Gasteiger partial charge in [0, 0.05) is 32.7 Å². The van der Waals surface area contributed by atoms with Crippen molar-refractivity contribution in [2.24, 2.45) is 0 Å². The third-order valence-corrected chi connectivity index (χ3v) is 6.81. The molecule has 1 atom stereocenters. The summed E-state index contributed by atoms with van der Waals surface area (Å²) in [5, 5.41) is 3.23. The quantitative estimate of drug-likeness (QED) is 0.779. The Morgan fingerprint density at radius 3 is 2.69 bits per heavy atom. The third-order valence-electron chi connectivity index (χ3n) is 4.91. The van der Waals surface area contributed by atoms with Crippen LogP contribution in [0, 0.1) is 0 Å². The molecular formula is C17H25N3O5S. The van der Waals surface area contributed by atoms with Crippen LogP contribution >= 0.6 is 0 Å². The summed E-state index contributed by atoms with van der Waals surface area (Å²) in [5.74, 6) is 0.128. The molecule has 9 heteroatoms. The lowest BCUT2D eigenvalue weighted by Gasteiger charge is -2.27. The van der Waals surface area contributed by atoms with Gasteiger partial charge in [-0.3, -0.25) is 4.79 Å². The topological polar surface area (TPSA) is 88.2 Å².